The molecule has 5 heteroatoms. The average molecular weight is 349 g/mol. The zero-order chi connectivity index (χ0) is 15.8. The average Bonchev–Trinajstić information content (AvgIpc) is 2.37. The van der Waals surface area contributed by atoms with Gasteiger partial charge in [0.1, 0.15) is 17.5 Å². The molecular weight excluding hydrogens is 328 g/mol. The van der Waals surface area contributed by atoms with E-state index in [0.717, 1.165) is 27.4 Å². The normalized spacial score (nSPS) is 11.5. The number of nitrogen functional groups attached to an aromatic ring is 1. The second-order valence-electron chi connectivity index (χ2n) is 6.26. The number of hydrogen-bond donors (Lipinski definition) is 2. The van der Waals surface area contributed by atoms with Crippen LogP contribution in [0, 0.1) is 13.8 Å². The van der Waals surface area contributed by atoms with Gasteiger partial charge < -0.3 is 11.1 Å². The fourth-order valence-electron chi connectivity index (χ4n) is 1.85. The van der Waals surface area contributed by atoms with Gasteiger partial charge >= 0.3 is 0 Å². The van der Waals surface area contributed by atoms with Crippen LogP contribution in [0.4, 0.5) is 17.3 Å². The maximum atomic E-state index is 6.04. The molecule has 0 amide bonds. The summed E-state index contributed by atoms with van der Waals surface area (Å²) in [4.78, 5) is 9.05. The SMILES string of the molecule is Cc1ccc(Br)c(Nc2nc(C(C)(C)C)nc(N)c2C)c1. The van der Waals surface area contributed by atoms with E-state index in [1.807, 2.05) is 13.0 Å². The van der Waals surface area contributed by atoms with E-state index in [-0.39, 0.29) is 5.41 Å². The minimum atomic E-state index is -0.151. The van der Waals surface area contributed by atoms with Crippen molar-refractivity contribution in [2.75, 3.05) is 11.1 Å². The van der Waals surface area contributed by atoms with Crippen LogP contribution in [0.15, 0.2) is 22.7 Å². The van der Waals surface area contributed by atoms with Gasteiger partial charge in [-0.15, -0.1) is 0 Å². The standard InChI is InChI=1S/C16H21BrN4/c1-9-6-7-11(17)12(8-9)19-14-10(2)13(18)20-15(21-14)16(3,4)5/h6-8H,1-5H3,(H3,18,19,20,21). The molecule has 112 valence electrons. The molecule has 0 radical (unpaired) electrons. The smallest absolute Gasteiger partial charge is 0.139 e. The second-order valence-corrected chi connectivity index (χ2v) is 7.12. The highest BCUT2D eigenvalue weighted by molar-refractivity contribution is 9.10. The molecule has 0 atom stereocenters. The zero-order valence-corrected chi connectivity index (χ0v) is 14.7. The van der Waals surface area contributed by atoms with Gasteiger partial charge in [-0.25, -0.2) is 9.97 Å². The van der Waals surface area contributed by atoms with E-state index < -0.39 is 0 Å². The summed E-state index contributed by atoms with van der Waals surface area (Å²) in [6.45, 7) is 10.2. The second kappa shape index (κ2) is 5.64. The first-order chi connectivity index (χ1) is 9.68. The first-order valence-corrected chi connectivity index (χ1v) is 7.65. The fourth-order valence-corrected chi connectivity index (χ4v) is 2.20. The summed E-state index contributed by atoms with van der Waals surface area (Å²) in [6.07, 6.45) is 0. The lowest BCUT2D eigenvalue weighted by atomic mass is 9.95. The number of aromatic nitrogens is 2. The summed E-state index contributed by atoms with van der Waals surface area (Å²) < 4.78 is 0.988. The first-order valence-electron chi connectivity index (χ1n) is 6.86. The van der Waals surface area contributed by atoms with E-state index in [0.29, 0.717) is 5.82 Å². The highest BCUT2D eigenvalue weighted by atomic mass is 79.9. The van der Waals surface area contributed by atoms with Crippen molar-refractivity contribution in [3.63, 3.8) is 0 Å². The predicted molar refractivity (Wildman–Crippen MR) is 92.0 cm³/mol. The molecule has 0 aliphatic rings. The van der Waals surface area contributed by atoms with Crippen LogP contribution in [0.5, 0.6) is 0 Å². The van der Waals surface area contributed by atoms with Gasteiger partial charge in [0.25, 0.3) is 0 Å². The lowest BCUT2D eigenvalue weighted by Crippen LogP contribution is -2.19. The van der Waals surface area contributed by atoms with E-state index in [2.05, 4.69) is 71.0 Å². The Balaban J connectivity index is 2.49. The number of nitrogens with one attached hydrogen (secondary N) is 1. The van der Waals surface area contributed by atoms with Gasteiger partial charge in [0.2, 0.25) is 0 Å². The zero-order valence-electron chi connectivity index (χ0n) is 13.1. The van der Waals surface area contributed by atoms with Crippen molar-refractivity contribution in [2.45, 2.75) is 40.0 Å². The quantitative estimate of drug-likeness (QED) is 0.839. The molecule has 1 aromatic heterocycles. The Bertz CT molecular complexity index is 675. The van der Waals surface area contributed by atoms with Gasteiger partial charge in [0.05, 0.1) is 5.69 Å². The first kappa shape index (κ1) is 15.8. The Hall–Kier alpha value is -1.62. The number of aryl methyl sites for hydroxylation is 1. The number of benzene rings is 1. The summed E-state index contributed by atoms with van der Waals surface area (Å²) >= 11 is 3.55. The molecule has 2 rings (SSSR count). The summed E-state index contributed by atoms with van der Waals surface area (Å²) in [5, 5.41) is 3.36. The van der Waals surface area contributed by atoms with Crippen LogP contribution in [-0.2, 0) is 5.41 Å². The Morgan fingerprint density at radius 3 is 2.43 bits per heavy atom. The van der Waals surface area contributed by atoms with Crippen LogP contribution in [0.2, 0.25) is 0 Å². The van der Waals surface area contributed by atoms with Crippen LogP contribution in [-0.4, -0.2) is 9.97 Å². The molecule has 1 heterocycles. The number of nitrogens with two attached hydrogens (primary N) is 1. The van der Waals surface area contributed by atoms with E-state index >= 15 is 0 Å². The van der Waals surface area contributed by atoms with Gasteiger partial charge in [-0.2, -0.15) is 0 Å². The molecule has 1 aromatic carbocycles. The summed E-state index contributed by atoms with van der Waals surface area (Å²) in [5.74, 6) is 2.00. The van der Waals surface area contributed by atoms with Crippen LogP contribution in [0.25, 0.3) is 0 Å². The molecule has 21 heavy (non-hydrogen) atoms. The van der Waals surface area contributed by atoms with Crippen molar-refractivity contribution in [1.82, 2.24) is 9.97 Å². The van der Waals surface area contributed by atoms with E-state index in [1.54, 1.807) is 0 Å². The molecule has 0 bridgehead atoms. The van der Waals surface area contributed by atoms with Crippen molar-refractivity contribution in [3.8, 4) is 0 Å². The molecule has 0 fully saturated rings. The monoisotopic (exact) mass is 348 g/mol. The maximum absolute atomic E-state index is 6.04. The molecule has 0 aliphatic carbocycles. The van der Waals surface area contributed by atoms with Gasteiger partial charge in [-0.05, 0) is 47.5 Å². The predicted octanol–water partition coefficient (Wildman–Crippen LogP) is 4.48. The number of anilines is 3. The van der Waals surface area contributed by atoms with Crippen LogP contribution >= 0.6 is 15.9 Å². The molecular formula is C16H21BrN4. The molecule has 0 aliphatic heterocycles. The topological polar surface area (TPSA) is 63.8 Å². The largest absolute Gasteiger partial charge is 0.383 e. The van der Waals surface area contributed by atoms with Crippen molar-refractivity contribution in [3.05, 3.63) is 39.6 Å². The highest BCUT2D eigenvalue weighted by Gasteiger charge is 2.20. The summed E-state index contributed by atoms with van der Waals surface area (Å²) in [7, 11) is 0. The Labute approximate surface area is 134 Å². The number of rotatable bonds is 2. The minimum Gasteiger partial charge on any atom is -0.383 e. The van der Waals surface area contributed by atoms with Crippen molar-refractivity contribution in [2.24, 2.45) is 0 Å². The summed E-state index contributed by atoms with van der Waals surface area (Å²) in [6, 6.07) is 6.14. The van der Waals surface area contributed by atoms with Crippen LogP contribution in [0.1, 0.15) is 37.7 Å². The molecule has 3 N–H and O–H groups in total. The lowest BCUT2D eigenvalue weighted by molar-refractivity contribution is 0.546. The van der Waals surface area contributed by atoms with Gasteiger partial charge in [0.15, 0.2) is 0 Å². The minimum absolute atomic E-state index is 0.151. The third-order valence-corrected chi connectivity index (χ3v) is 3.92. The number of nitrogens with zero attached hydrogens (tertiary/aromatic N) is 2. The van der Waals surface area contributed by atoms with Gasteiger partial charge in [-0.3, -0.25) is 0 Å². The third kappa shape index (κ3) is 3.53. The fraction of sp³-hybridized carbons (Fsp3) is 0.375. The van der Waals surface area contributed by atoms with Gasteiger partial charge in [0, 0.05) is 15.5 Å². The maximum Gasteiger partial charge on any atom is 0.139 e. The number of halogens is 1. The van der Waals surface area contributed by atoms with Crippen molar-refractivity contribution in [1.29, 1.82) is 0 Å². The summed E-state index contributed by atoms with van der Waals surface area (Å²) in [5.41, 5.74) is 8.89. The Kier molecular flexibility index (Phi) is 4.23. The van der Waals surface area contributed by atoms with Gasteiger partial charge in [-0.1, -0.05) is 26.8 Å². The molecule has 2 aromatic rings. The number of hydrogen-bond acceptors (Lipinski definition) is 4. The Morgan fingerprint density at radius 1 is 1.14 bits per heavy atom. The molecule has 0 saturated carbocycles. The van der Waals surface area contributed by atoms with Crippen LogP contribution < -0.4 is 11.1 Å². The third-order valence-electron chi connectivity index (χ3n) is 3.23. The van der Waals surface area contributed by atoms with Crippen molar-refractivity contribution < 1.29 is 0 Å². The highest BCUT2D eigenvalue weighted by Crippen LogP contribution is 2.30. The molecule has 4 nitrogen and oxygen atoms in total. The lowest BCUT2D eigenvalue weighted by Gasteiger charge is -2.20. The molecule has 0 spiro atoms. The van der Waals surface area contributed by atoms with E-state index in [1.165, 1.54) is 5.56 Å². The van der Waals surface area contributed by atoms with Crippen LogP contribution in [0.3, 0.4) is 0 Å². The van der Waals surface area contributed by atoms with E-state index in [4.69, 9.17) is 5.73 Å². The molecule has 0 saturated heterocycles. The van der Waals surface area contributed by atoms with E-state index in [9.17, 15) is 0 Å². The molecule has 0 unspecified atom stereocenters. The van der Waals surface area contributed by atoms with Crippen molar-refractivity contribution >= 4 is 33.3 Å². The Morgan fingerprint density at radius 2 is 1.81 bits per heavy atom.